The van der Waals surface area contributed by atoms with Gasteiger partial charge in [0.15, 0.2) is 11.4 Å². The number of aromatic amines is 1. The van der Waals surface area contributed by atoms with Crippen molar-refractivity contribution in [3.8, 4) is 0 Å². The van der Waals surface area contributed by atoms with Crippen LogP contribution in [0.25, 0.3) is 0 Å². The minimum Gasteiger partial charge on any atom is -0.477 e. The number of hydrogen-bond acceptors (Lipinski definition) is 4. The summed E-state index contributed by atoms with van der Waals surface area (Å²) in [5.74, 6) is -1.64. The molecule has 2 aromatic heterocycles. The molecule has 0 aromatic carbocycles. The number of hydrogen-bond donors (Lipinski definition) is 2. The molecule has 2 aromatic rings. The molecule has 2 rings (SSSR count). The van der Waals surface area contributed by atoms with Gasteiger partial charge in [0, 0.05) is 31.9 Å². The van der Waals surface area contributed by atoms with Gasteiger partial charge in [-0.1, -0.05) is 6.07 Å². The summed E-state index contributed by atoms with van der Waals surface area (Å²) in [6.45, 7) is 0.432. The van der Waals surface area contributed by atoms with Crippen LogP contribution < -0.4 is 0 Å². The Labute approximate surface area is 115 Å². The molecule has 0 atom stereocenters. The zero-order valence-electron chi connectivity index (χ0n) is 10.9. The van der Waals surface area contributed by atoms with Crippen molar-refractivity contribution in [2.24, 2.45) is 0 Å². The van der Waals surface area contributed by atoms with Gasteiger partial charge in [0.2, 0.25) is 0 Å². The fourth-order valence-corrected chi connectivity index (χ4v) is 1.73. The quantitative estimate of drug-likeness (QED) is 0.840. The number of rotatable bonds is 5. The standard InChI is InChI=1S/C13H14N4O3/c1-17(7-5-9-4-2-3-6-14-9)12(18)10-11(13(19)20)16-8-15-10/h2-4,6,8H,5,7H2,1H3,(H,15,16)(H,19,20). The van der Waals surface area contributed by atoms with Crippen molar-refractivity contribution in [3.63, 3.8) is 0 Å². The highest BCUT2D eigenvalue weighted by atomic mass is 16.4. The van der Waals surface area contributed by atoms with Crippen LogP contribution in [0.4, 0.5) is 0 Å². The van der Waals surface area contributed by atoms with E-state index in [1.807, 2.05) is 18.2 Å². The summed E-state index contributed by atoms with van der Waals surface area (Å²) in [5.41, 5.74) is 0.591. The van der Waals surface area contributed by atoms with Gasteiger partial charge >= 0.3 is 5.97 Å². The third kappa shape index (κ3) is 3.00. The number of carbonyl (C=O) groups is 2. The highest BCUT2D eigenvalue weighted by Crippen LogP contribution is 2.07. The maximum Gasteiger partial charge on any atom is 0.354 e. The lowest BCUT2D eigenvalue weighted by molar-refractivity contribution is 0.0675. The van der Waals surface area contributed by atoms with E-state index >= 15 is 0 Å². The molecule has 2 N–H and O–H groups in total. The second-order valence-electron chi connectivity index (χ2n) is 4.23. The Bertz CT molecular complexity index is 609. The number of aromatic nitrogens is 3. The normalized spacial score (nSPS) is 10.2. The maximum atomic E-state index is 12.1. The molecule has 0 unspecified atom stereocenters. The summed E-state index contributed by atoms with van der Waals surface area (Å²) in [6, 6.07) is 5.57. The molecule has 2 heterocycles. The topological polar surface area (TPSA) is 99.2 Å². The predicted molar refractivity (Wildman–Crippen MR) is 70.4 cm³/mol. The fraction of sp³-hybridized carbons (Fsp3) is 0.231. The van der Waals surface area contributed by atoms with Gasteiger partial charge in [-0.2, -0.15) is 0 Å². The summed E-state index contributed by atoms with van der Waals surface area (Å²) in [5, 5.41) is 8.94. The van der Waals surface area contributed by atoms with Crippen LogP contribution >= 0.6 is 0 Å². The Morgan fingerprint density at radius 1 is 1.35 bits per heavy atom. The minimum absolute atomic E-state index is 0.0824. The summed E-state index contributed by atoms with van der Waals surface area (Å²) in [6.07, 6.45) is 3.48. The molecule has 1 amide bonds. The van der Waals surface area contributed by atoms with E-state index in [2.05, 4.69) is 15.0 Å². The summed E-state index contributed by atoms with van der Waals surface area (Å²) < 4.78 is 0. The number of imidazole rings is 1. The molecular formula is C13H14N4O3. The second kappa shape index (κ2) is 5.96. The summed E-state index contributed by atoms with van der Waals surface area (Å²) in [7, 11) is 1.60. The van der Waals surface area contributed by atoms with E-state index in [1.54, 1.807) is 13.2 Å². The van der Waals surface area contributed by atoms with Gasteiger partial charge in [-0.25, -0.2) is 9.78 Å². The van der Waals surface area contributed by atoms with Gasteiger partial charge in [0.05, 0.1) is 6.33 Å². The van der Waals surface area contributed by atoms with Gasteiger partial charge in [0.1, 0.15) is 0 Å². The van der Waals surface area contributed by atoms with Crippen molar-refractivity contribution in [2.75, 3.05) is 13.6 Å². The lowest BCUT2D eigenvalue weighted by atomic mass is 10.2. The monoisotopic (exact) mass is 274 g/mol. The first kappa shape index (κ1) is 13.7. The zero-order chi connectivity index (χ0) is 14.5. The van der Waals surface area contributed by atoms with Gasteiger partial charge in [0.25, 0.3) is 5.91 Å². The van der Waals surface area contributed by atoms with Crippen molar-refractivity contribution in [1.29, 1.82) is 0 Å². The van der Waals surface area contributed by atoms with Crippen LogP contribution in [0.3, 0.4) is 0 Å². The zero-order valence-corrected chi connectivity index (χ0v) is 10.9. The molecule has 0 radical (unpaired) electrons. The van der Waals surface area contributed by atoms with E-state index in [4.69, 9.17) is 5.11 Å². The molecule has 0 spiro atoms. The van der Waals surface area contributed by atoms with E-state index in [9.17, 15) is 9.59 Å². The molecule has 0 bridgehead atoms. The first-order chi connectivity index (χ1) is 9.59. The van der Waals surface area contributed by atoms with Gasteiger partial charge < -0.3 is 15.0 Å². The van der Waals surface area contributed by atoms with E-state index < -0.39 is 11.9 Å². The van der Waals surface area contributed by atoms with E-state index in [0.717, 1.165) is 5.69 Å². The lowest BCUT2D eigenvalue weighted by Crippen LogP contribution is -2.30. The average Bonchev–Trinajstić information content (AvgIpc) is 2.94. The minimum atomic E-state index is -1.20. The van der Waals surface area contributed by atoms with Crippen molar-refractivity contribution in [2.45, 2.75) is 6.42 Å². The molecule has 7 nitrogen and oxygen atoms in total. The fourth-order valence-electron chi connectivity index (χ4n) is 1.73. The SMILES string of the molecule is CN(CCc1ccccn1)C(=O)c1nc[nH]c1C(=O)O. The molecule has 0 fully saturated rings. The first-order valence-electron chi connectivity index (χ1n) is 6.01. The summed E-state index contributed by atoms with van der Waals surface area (Å²) in [4.78, 5) is 34.9. The Kier molecular flexibility index (Phi) is 4.09. The largest absolute Gasteiger partial charge is 0.477 e. The van der Waals surface area contributed by atoms with Crippen LogP contribution in [0.1, 0.15) is 26.7 Å². The van der Waals surface area contributed by atoms with Crippen LogP contribution in [0, 0.1) is 0 Å². The van der Waals surface area contributed by atoms with Crippen LogP contribution in [0.5, 0.6) is 0 Å². The molecule has 0 aliphatic carbocycles. The Morgan fingerprint density at radius 3 is 2.80 bits per heavy atom. The molecule has 7 heteroatoms. The van der Waals surface area contributed by atoms with Crippen LogP contribution in [-0.2, 0) is 6.42 Å². The number of amides is 1. The number of nitrogens with zero attached hydrogens (tertiary/aromatic N) is 3. The number of carboxylic acids is 1. The van der Waals surface area contributed by atoms with E-state index in [0.29, 0.717) is 13.0 Å². The predicted octanol–water partition coefficient (Wildman–Crippen LogP) is 0.818. The van der Waals surface area contributed by atoms with Crippen LogP contribution in [0.2, 0.25) is 0 Å². The smallest absolute Gasteiger partial charge is 0.354 e. The van der Waals surface area contributed by atoms with Crippen molar-refractivity contribution < 1.29 is 14.7 Å². The van der Waals surface area contributed by atoms with Crippen molar-refractivity contribution in [1.82, 2.24) is 19.9 Å². The van der Waals surface area contributed by atoms with Gasteiger partial charge in [-0.05, 0) is 12.1 Å². The molecule has 20 heavy (non-hydrogen) atoms. The third-order valence-electron chi connectivity index (χ3n) is 2.83. The van der Waals surface area contributed by atoms with E-state index in [1.165, 1.54) is 11.2 Å². The Hall–Kier alpha value is -2.70. The molecule has 0 saturated heterocycles. The third-order valence-corrected chi connectivity index (χ3v) is 2.83. The number of carbonyl (C=O) groups excluding carboxylic acids is 1. The van der Waals surface area contributed by atoms with E-state index in [-0.39, 0.29) is 11.4 Å². The molecule has 0 aliphatic rings. The number of pyridine rings is 1. The summed E-state index contributed by atoms with van der Waals surface area (Å²) >= 11 is 0. The Balaban J connectivity index is 2.02. The van der Waals surface area contributed by atoms with Crippen LogP contribution in [0.15, 0.2) is 30.7 Å². The highest BCUT2D eigenvalue weighted by Gasteiger charge is 2.22. The lowest BCUT2D eigenvalue weighted by Gasteiger charge is -2.15. The average molecular weight is 274 g/mol. The second-order valence-corrected chi connectivity index (χ2v) is 4.23. The molecule has 0 aliphatic heterocycles. The number of H-pyrrole nitrogens is 1. The van der Waals surface area contributed by atoms with Crippen molar-refractivity contribution >= 4 is 11.9 Å². The number of carboxylic acid groups (broad SMARTS) is 1. The van der Waals surface area contributed by atoms with Gasteiger partial charge in [-0.15, -0.1) is 0 Å². The highest BCUT2D eigenvalue weighted by molar-refractivity contribution is 6.02. The maximum absolute atomic E-state index is 12.1. The Morgan fingerprint density at radius 2 is 2.15 bits per heavy atom. The molecular weight excluding hydrogens is 260 g/mol. The van der Waals surface area contributed by atoms with Crippen molar-refractivity contribution in [3.05, 3.63) is 47.8 Å². The molecule has 0 saturated carbocycles. The first-order valence-corrected chi connectivity index (χ1v) is 6.01. The van der Waals surface area contributed by atoms with Crippen LogP contribution in [-0.4, -0.2) is 50.4 Å². The number of nitrogens with one attached hydrogen (secondary N) is 1. The number of aromatic carboxylic acids is 1. The number of likely N-dealkylation sites (N-methyl/N-ethyl adjacent to an activating group) is 1. The molecule has 104 valence electrons. The van der Waals surface area contributed by atoms with Gasteiger partial charge in [-0.3, -0.25) is 9.78 Å².